The van der Waals surface area contributed by atoms with Crippen molar-refractivity contribution in [3.63, 3.8) is 0 Å². The van der Waals surface area contributed by atoms with E-state index in [1.807, 2.05) is 0 Å². The fourth-order valence-corrected chi connectivity index (χ4v) is 1.32. The Balaban J connectivity index is 0.000000763. The molecule has 0 unspecified atom stereocenters. The Morgan fingerprint density at radius 3 is 2.18 bits per heavy atom. The van der Waals surface area contributed by atoms with Crippen molar-refractivity contribution in [2.75, 3.05) is 0 Å². The van der Waals surface area contributed by atoms with Gasteiger partial charge in [0.25, 0.3) is 0 Å². The first-order valence-corrected chi connectivity index (χ1v) is 6.07. The van der Waals surface area contributed by atoms with Gasteiger partial charge in [-0.05, 0) is 18.1 Å². The van der Waals surface area contributed by atoms with Gasteiger partial charge in [-0.1, -0.05) is 37.4 Å². The van der Waals surface area contributed by atoms with Crippen LogP contribution in [0.1, 0.15) is 15.9 Å². The van der Waals surface area contributed by atoms with Crippen molar-refractivity contribution < 1.29 is 29.3 Å². The van der Waals surface area contributed by atoms with Gasteiger partial charge < -0.3 is 14.9 Å². The molecule has 0 amide bonds. The molecule has 6 nitrogen and oxygen atoms in total. The molecule has 0 fully saturated rings. The SMILES string of the molecule is C=CC(=O)O.C=COC(=O)c1ccccc1C/C=C/C(=O)O. The number of hydrogen-bond donors (Lipinski definition) is 2. The zero-order chi connectivity index (χ0) is 17.0. The first-order chi connectivity index (χ1) is 10.4. The molecule has 0 aliphatic rings. The molecule has 0 aliphatic carbocycles. The third kappa shape index (κ3) is 8.11. The van der Waals surface area contributed by atoms with Crippen LogP contribution in [0.3, 0.4) is 0 Å². The first-order valence-electron chi connectivity index (χ1n) is 6.07. The van der Waals surface area contributed by atoms with Gasteiger partial charge in [0.2, 0.25) is 0 Å². The molecule has 0 atom stereocenters. The van der Waals surface area contributed by atoms with Crippen molar-refractivity contribution in [3.8, 4) is 0 Å². The molecule has 22 heavy (non-hydrogen) atoms. The quantitative estimate of drug-likeness (QED) is 0.475. The van der Waals surface area contributed by atoms with E-state index in [4.69, 9.17) is 10.2 Å². The normalized spacial score (nSPS) is 9.27. The molecule has 2 N–H and O–H groups in total. The lowest BCUT2D eigenvalue weighted by molar-refractivity contribution is -0.132. The minimum atomic E-state index is -1.02. The van der Waals surface area contributed by atoms with Crippen LogP contribution >= 0.6 is 0 Å². The van der Waals surface area contributed by atoms with Gasteiger partial charge in [0.1, 0.15) is 0 Å². The van der Waals surface area contributed by atoms with Crippen molar-refractivity contribution in [1.29, 1.82) is 0 Å². The molecule has 0 saturated heterocycles. The van der Waals surface area contributed by atoms with Gasteiger partial charge in [-0.3, -0.25) is 0 Å². The number of hydrogen-bond acceptors (Lipinski definition) is 4. The molecule has 116 valence electrons. The lowest BCUT2D eigenvalue weighted by Gasteiger charge is -2.04. The number of allylic oxidation sites excluding steroid dienone is 1. The number of benzene rings is 1. The molecular formula is C16H16O6. The monoisotopic (exact) mass is 304 g/mol. The predicted molar refractivity (Wildman–Crippen MR) is 80.4 cm³/mol. The van der Waals surface area contributed by atoms with Gasteiger partial charge in [-0.15, -0.1) is 0 Å². The summed E-state index contributed by atoms with van der Waals surface area (Å²) in [5.41, 5.74) is 1.11. The largest absolute Gasteiger partial charge is 0.478 e. The van der Waals surface area contributed by atoms with Crippen LogP contribution in [0.4, 0.5) is 0 Å². The molecule has 0 radical (unpaired) electrons. The second-order valence-electron chi connectivity index (χ2n) is 3.72. The maximum absolute atomic E-state index is 11.5. The maximum atomic E-state index is 11.5. The van der Waals surface area contributed by atoms with Crippen LogP contribution in [0.2, 0.25) is 0 Å². The summed E-state index contributed by atoms with van der Waals surface area (Å²) in [5.74, 6) is -2.50. The van der Waals surface area contributed by atoms with Crippen molar-refractivity contribution in [2.24, 2.45) is 0 Å². The molecule has 0 aliphatic heterocycles. The van der Waals surface area contributed by atoms with E-state index in [-0.39, 0.29) is 0 Å². The van der Waals surface area contributed by atoms with Gasteiger partial charge in [0, 0.05) is 12.2 Å². The molecule has 1 rings (SSSR count). The second kappa shape index (κ2) is 10.6. The Morgan fingerprint density at radius 2 is 1.68 bits per heavy atom. The van der Waals surface area contributed by atoms with E-state index in [1.165, 1.54) is 6.08 Å². The van der Waals surface area contributed by atoms with E-state index in [1.54, 1.807) is 24.3 Å². The summed E-state index contributed by atoms with van der Waals surface area (Å²) in [5, 5.41) is 16.1. The Morgan fingerprint density at radius 1 is 1.09 bits per heavy atom. The summed E-state index contributed by atoms with van der Waals surface area (Å²) >= 11 is 0. The van der Waals surface area contributed by atoms with Crippen LogP contribution in [-0.4, -0.2) is 28.1 Å². The van der Waals surface area contributed by atoms with Gasteiger partial charge in [-0.2, -0.15) is 0 Å². The fourth-order valence-electron chi connectivity index (χ4n) is 1.32. The van der Waals surface area contributed by atoms with Gasteiger partial charge >= 0.3 is 17.9 Å². The molecule has 0 heterocycles. The highest BCUT2D eigenvalue weighted by atomic mass is 16.5. The number of rotatable bonds is 6. The van der Waals surface area contributed by atoms with Crippen LogP contribution in [0.5, 0.6) is 0 Å². The summed E-state index contributed by atoms with van der Waals surface area (Å²) in [6.07, 6.45) is 4.76. The van der Waals surface area contributed by atoms with Crippen LogP contribution in [0.15, 0.2) is 61.9 Å². The minimum Gasteiger partial charge on any atom is -0.478 e. The first kappa shape index (κ1) is 18.9. The Bertz CT molecular complexity index is 586. The summed E-state index contributed by atoms with van der Waals surface area (Å²) in [4.78, 5) is 31.1. The van der Waals surface area contributed by atoms with Crippen molar-refractivity contribution >= 4 is 17.9 Å². The third-order valence-corrected chi connectivity index (χ3v) is 2.20. The van der Waals surface area contributed by atoms with Crippen molar-refractivity contribution in [1.82, 2.24) is 0 Å². The van der Waals surface area contributed by atoms with Crippen molar-refractivity contribution in [2.45, 2.75) is 6.42 Å². The molecule has 0 bridgehead atoms. The predicted octanol–water partition coefficient (Wildman–Crippen LogP) is 2.43. The number of carbonyl (C=O) groups excluding carboxylic acids is 1. The zero-order valence-corrected chi connectivity index (χ0v) is 11.8. The van der Waals surface area contributed by atoms with Crippen LogP contribution in [0, 0.1) is 0 Å². The highest BCUT2D eigenvalue weighted by molar-refractivity contribution is 5.91. The van der Waals surface area contributed by atoms with Crippen LogP contribution < -0.4 is 0 Å². The van der Waals surface area contributed by atoms with E-state index in [0.29, 0.717) is 17.5 Å². The van der Waals surface area contributed by atoms with Gasteiger partial charge in [0.15, 0.2) is 0 Å². The maximum Gasteiger partial charge on any atom is 0.343 e. The summed E-state index contributed by atoms with van der Waals surface area (Å²) in [6, 6.07) is 6.85. The van der Waals surface area contributed by atoms with Crippen LogP contribution in [-0.2, 0) is 20.7 Å². The molecule has 0 aromatic heterocycles. The lowest BCUT2D eigenvalue weighted by Crippen LogP contribution is -2.04. The second-order valence-corrected chi connectivity index (χ2v) is 3.72. The fraction of sp³-hybridized carbons (Fsp3) is 0.0625. The Labute approximate surface area is 127 Å². The molecule has 1 aromatic rings. The molecule has 0 saturated carbocycles. The smallest absolute Gasteiger partial charge is 0.343 e. The summed E-state index contributed by atoms with van der Waals surface area (Å²) in [7, 11) is 0. The Kier molecular flexibility index (Phi) is 9.10. The topological polar surface area (TPSA) is 101 Å². The summed E-state index contributed by atoms with van der Waals surface area (Å²) in [6.45, 7) is 6.27. The van der Waals surface area contributed by atoms with E-state index in [2.05, 4.69) is 17.9 Å². The van der Waals surface area contributed by atoms with Crippen LogP contribution in [0.25, 0.3) is 0 Å². The lowest BCUT2D eigenvalue weighted by atomic mass is 10.0. The van der Waals surface area contributed by atoms with E-state index in [0.717, 1.165) is 18.4 Å². The number of carboxylic acid groups (broad SMARTS) is 2. The summed E-state index contributed by atoms with van der Waals surface area (Å²) < 4.78 is 4.68. The number of carbonyl (C=O) groups is 3. The average molecular weight is 304 g/mol. The highest BCUT2D eigenvalue weighted by Gasteiger charge is 2.09. The Hall–Kier alpha value is -3.15. The number of aliphatic carboxylic acids is 2. The van der Waals surface area contributed by atoms with Gasteiger partial charge in [0.05, 0.1) is 11.8 Å². The van der Waals surface area contributed by atoms with E-state index < -0.39 is 17.9 Å². The molecule has 0 spiro atoms. The minimum absolute atomic E-state index is 0.356. The number of carboxylic acids is 2. The zero-order valence-electron chi connectivity index (χ0n) is 11.8. The third-order valence-electron chi connectivity index (χ3n) is 2.20. The molecule has 6 heteroatoms. The van der Waals surface area contributed by atoms with Gasteiger partial charge in [-0.25, -0.2) is 14.4 Å². The average Bonchev–Trinajstić information content (AvgIpc) is 2.48. The van der Waals surface area contributed by atoms with E-state index >= 15 is 0 Å². The number of esters is 1. The number of ether oxygens (including phenoxy) is 1. The van der Waals surface area contributed by atoms with Crippen molar-refractivity contribution in [3.05, 3.63) is 73.0 Å². The highest BCUT2D eigenvalue weighted by Crippen LogP contribution is 2.11. The molecular weight excluding hydrogens is 288 g/mol. The van der Waals surface area contributed by atoms with E-state index in [9.17, 15) is 14.4 Å². The molecule has 1 aromatic carbocycles. The standard InChI is InChI=1S/C13H12O4.C3H4O2/c1-2-17-13(16)11-8-4-3-6-10(11)7-5-9-12(14)15;1-2-3(4)5/h2-6,8-9H,1,7H2,(H,14,15);2H,1H2,(H,4,5)/b9-5+;.